The number of carbonyl (C=O) groups excluding carboxylic acids is 1. The molecule has 0 spiro atoms. The Morgan fingerprint density at radius 1 is 0.938 bits per heavy atom. The topological polar surface area (TPSA) is 96.4 Å². The van der Waals surface area contributed by atoms with Gasteiger partial charge in [0.15, 0.2) is 0 Å². The molecule has 0 aliphatic heterocycles. The van der Waals surface area contributed by atoms with Crippen molar-refractivity contribution >= 4 is 12.1 Å². The van der Waals surface area contributed by atoms with Gasteiger partial charge < -0.3 is 4.74 Å². The third kappa shape index (κ3) is 4.32. The molecule has 0 atom stereocenters. The van der Waals surface area contributed by atoms with E-state index in [1.165, 1.54) is 6.21 Å². The van der Waals surface area contributed by atoms with Crippen molar-refractivity contribution in [1.29, 1.82) is 0 Å². The molecular formula is C25H20N4O3. The van der Waals surface area contributed by atoms with Crippen LogP contribution >= 0.6 is 0 Å². The van der Waals surface area contributed by atoms with E-state index in [9.17, 15) is 9.59 Å². The van der Waals surface area contributed by atoms with Crippen molar-refractivity contribution in [3.8, 4) is 28.1 Å². The van der Waals surface area contributed by atoms with Crippen molar-refractivity contribution < 1.29 is 9.53 Å². The molecule has 3 aromatic carbocycles. The van der Waals surface area contributed by atoms with Gasteiger partial charge in [-0.2, -0.15) is 10.2 Å². The van der Waals surface area contributed by atoms with Gasteiger partial charge >= 0.3 is 0 Å². The maximum atomic E-state index is 13.1. The van der Waals surface area contributed by atoms with Gasteiger partial charge in [0, 0.05) is 16.7 Å². The number of nitrogens with one attached hydrogen (secondary N) is 2. The second-order valence-electron chi connectivity index (χ2n) is 6.82. The van der Waals surface area contributed by atoms with Gasteiger partial charge in [-0.1, -0.05) is 72.8 Å². The van der Waals surface area contributed by atoms with Crippen LogP contribution < -0.4 is 15.7 Å². The molecule has 32 heavy (non-hydrogen) atoms. The number of rotatable bonds is 6. The summed E-state index contributed by atoms with van der Waals surface area (Å²) in [6.45, 7) is 0. The number of hydrazone groups is 1. The van der Waals surface area contributed by atoms with Crippen LogP contribution in [0.25, 0.3) is 22.4 Å². The monoisotopic (exact) mass is 424 g/mol. The molecule has 0 unspecified atom stereocenters. The molecule has 0 bridgehead atoms. The zero-order valence-electron chi connectivity index (χ0n) is 17.3. The van der Waals surface area contributed by atoms with Crippen molar-refractivity contribution in [2.24, 2.45) is 5.10 Å². The molecule has 0 saturated carbocycles. The number of H-pyrrole nitrogens is 1. The molecule has 0 saturated heterocycles. The third-order valence-corrected chi connectivity index (χ3v) is 4.83. The van der Waals surface area contributed by atoms with Crippen LogP contribution in [-0.4, -0.2) is 29.4 Å². The smallest absolute Gasteiger partial charge is 0.277 e. The highest BCUT2D eigenvalue weighted by Gasteiger charge is 2.22. The molecule has 0 aliphatic carbocycles. The fourth-order valence-electron chi connectivity index (χ4n) is 3.35. The Hall–Kier alpha value is -4.52. The summed E-state index contributed by atoms with van der Waals surface area (Å²) in [4.78, 5) is 25.8. The van der Waals surface area contributed by atoms with Crippen molar-refractivity contribution in [1.82, 2.24) is 15.6 Å². The second-order valence-corrected chi connectivity index (χ2v) is 6.82. The second kappa shape index (κ2) is 9.53. The molecule has 158 valence electrons. The molecule has 1 heterocycles. The van der Waals surface area contributed by atoms with E-state index in [-0.39, 0.29) is 5.56 Å². The minimum Gasteiger partial charge on any atom is -0.496 e. The highest BCUT2D eigenvalue weighted by molar-refractivity contribution is 6.03. The molecule has 0 radical (unpaired) electrons. The van der Waals surface area contributed by atoms with Crippen LogP contribution in [-0.2, 0) is 0 Å². The molecule has 0 aliphatic rings. The number of hydrogen-bond acceptors (Lipinski definition) is 5. The van der Waals surface area contributed by atoms with Gasteiger partial charge in [-0.05, 0) is 17.7 Å². The predicted molar refractivity (Wildman–Crippen MR) is 124 cm³/mol. The number of para-hydroxylation sites is 1. The summed E-state index contributed by atoms with van der Waals surface area (Å²) in [5.74, 6) is -0.0283. The van der Waals surface area contributed by atoms with E-state index < -0.39 is 11.5 Å². The maximum Gasteiger partial charge on any atom is 0.277 e. The first kappa shape index (κ1) is 20.7. The summed E-state index contributed by atoms with van der Waals surface area (Å²) >= 11 is 0. The minimum absolute atomic E-state index is 0.0674. The lowest BCUT2D eigenvalue weighted by molar-refractivity contribution is 0.0954. The van der Waals surface area contributed by atoms with E-state index in [1.807, 2.05) is 72.8 Å². The Balaban J connectivity index is 1.77. The molecule has 7 nitrogen and oxygen atoms in total. The van der Waals surface area contributed by atoms with E-state index in [2.05, 4.69) is 20.7 Å². The Kier molecular flexibility index (Phi) is 6.17. The van der Waals surface area contributed by atoms with E-state index in [1.54, 1.807) is 19.2 Å². The summed E-state index contributed by atoms with van der Waals surface area (Å²) in [5.41, 5.74) is 4.87. The number of carbonyl (C=O) groups is 1. The summed E-state index contributed by atoms with van der Waals surface area (Å²) in [6.07, 6.45) is 1.46. The summed E-state index contributed by atoms with van der Waals surface area (Å²) in [7, 11) is 1.55. The van der Waals surface area contributed by atoms with Crippen LogP contribution in [0.3, 0.4) is 0 Å². The fourth-order valence-corrected chi connectivity index (χ4v) is 3.35. The van der Waals surface area contributed by atoms with Gasteiger partial charge in [-0.25, -0.2) is 10.5 Å². The Morgan fingerprint density at radius 3 is 2.25 bits per heavy atom. The van der Waals surface area contributed by atoms with Crippen molar-refractivity contribution in [2.45, 2.75) is 0 Å². The molecule has 2 N–H and O–H groups in total. The molecule has 1 aromatic heterocycles. The lowest BCUT2D eigenvalue weighted by Crippen LogP contribution is -2.28. The average Bonchev–Trinajstić information content (AvgIpc) is 2.85. The fraction of sp³-hybridized carbons (Fsp3) is 0.0400. The van der Waals surface area contributed by atoms with E-state index in [0.717, 1.165) is 5.56 Å². The van der Waals surface area contributed by atoms with Crippen molar-refractivity contribution in [3.63, 3.8) is 0 Å². The zero-order valence-corrected chi connectivity index (χ0v) is 17.3. The lowest BCUT2D eigenvalue weighted by atomic mass is 9.95. The number of nitrogens with zero attached hydrogens (tertiary/aromatic N) is 2. The van der Waals surface area contributed by atoms with Gasteiger partial charge in [-0.15, -0.1) is 0 Å². The van der Waals surface area contributed by atoms with Gasteiger partial charge in [0.2, 0.25) is 0 Å². The number of methoxy groups -OCH3 is 1. The van der Waals surface area contributed by atoms with Crippen molar-refractivity contribution in [2.75, 3.05) is 7.11 Å². The van der Waals surface area contributed by atoms with Gasteiger partial charge in [0.05, 0.1) is 19.0 Å². The van der Waals surface area contributed by atoms with Crippen LogP contribution in [0.1, 0.15) is 15.9 Å². The number of aromatic amines is 1. The first-order chi connectivity index (χ1) is 15.7. The van der Waals surface area contributed by atoms with Crippen LogP contribution in [0, 0.1) is 0 Å². The van der Waals surface area contributed by atoms with E-state index >= 15 is 0 Å². The maximum absolute atomic E-state index is 13.1. The highest BCUT2D eigenvalue weighted by atomic mass is 16.5. The lowest BCUT2D eigenvalue weighted by Gasteiger charge is -2.13. The van der Waals surface area contributed by atoms with E-state index in [0.29, 0.717) is 28.1 Å². The van der Waals surface area contributed by atoms with Gasteiger partial charge in [0.25, 0.3) is 11.5 Å². The SMILES string of the molecule is COc1ccccc1C=NNC(=O)c1c(-c2ccccc2)c(-c2ccccc2)n[nH]c1=O. The van der Waals surface area contributed by atoms with E-state index in [4.69, 9.17) is 4.74 Å². The molecule has 4 aromatic rings. The molecular weight excluding hydrogens is 404 g/mol. The first-order valence-corrected chi connectivity index (χ1v) is 9.89. The van der Waals surface area contributed by atoms with Gasteiger partial charge in [-0.3, -0.25) is 9.59 Å². The molecule has 1 amide bonds. The summed E-state index contributed by atoms with van der Waals surface area (Å²) in [5, 5.41) is 10.7. The predicted octanol–water partition coefficient (Wildman–Crippen LogP) is 3.88. The average molecular weight is 424 g/mol. The molecule has 7 heteroatoms. The zero-order chi connectivity index (χ0) is 22.3. The quantitative estimate of drug-likeness (QED) is 0.363. The number of amides is 1. The Bertz CT molecular complexity index is 1320. The number of aromatic nitrogens is 2. The Morgan fingerprint density at radius 2 is 1.56 bits per heavy atom. The number of hydrogen-bond donors (Lipinski definition) is 2. The molecule has 0 fully saturated rings. The third-order valence-electron chi connectivity index (χ3n) is 4.83. The van der Waals surface area contributed by atoms with Crippen molar-refractivity contribution in [3.05, 3.63) is 106 Å². The summed E-state index contributed by atoms with van der Waals surface area (Å²) in [6, 6.07) is 25.8. The van der Waals surface area contributed by atoms with Crippen LogP contribution in [0.4, 0.5) is 0 Å². The standard InChI is InChI=1S/C25H20N4O3/c1-32-20-15-9-8-14-19(20)16-26-28-24(30)22-21(17-10-4-2-5-11-17)23(27-29-25(22)31)18-12-6-3-7-13-18/h2-16H,1H3,(H,28,30)(H,29,31). The highest BCUT2D eigenvalue weighted by Crippen LogP contribution is 2.31. The van der Waals surface area contributed by atoms with Crippen LogP contribution in [0.5, 0.6) is 5.75 Å². The van der Waals surface area contributed by atoms with Crippen LogP contribution in [0.15, 0.2) is 94.8 Å². The first-order valence-electron chi connectivity index (χ1n) is 9.89. The van der Waals surface area contributed by atoms with Crippen LogP contribution in [0.2, 0.25) is 0 Å². The number of ether oxygens (including phenoxy) is 1. The normalized spacial score (nSPS) is 10.8. The number of benzene rings is 3. The molecule has 4 rings (SSSR count). The van der Waals surface area contributed by atoms with Gasteiger partial charge in [0.1, 0.15) is 11.3 Å². The minimum atomic E-state index is -0.643. The summed E-state index contributed by atoms with van der Waals surface area (Å²) < 4.78 is 5.28. The Labute approximate surface area is 184 Å². The largest absolute Gasteiger partial charge is 0.496 e.